The SMILES string of the molecule is [CH2]CCCCCCC.[Cl-].[Zn]. The molecule has 0 aliphatic heterocycles. The van der Waals surface area contributed by atoms with E-state index in [9.17, 15) is 0 Å². The number of unbranched alkanes of at least 4 members (excludes halogenated alkanes) is 5. The van der Waals surface area contributed by atoms with Crippen LogP contribution in [0.4, 0.5) is 0 Å². The van der Waals surface area contributed by atoms with Gasteiger partial charge in [0.15, 0.2) is 0 Å². The molecular formula is C8H17ClZn-. The van der Waals surface area contributed by atoms with Gasteiger partial charge < -0.3 is 12.4 Å². The first-order valence-corrected chi connectivity index (χ1v) is 3.71. The Kier molecular flexibility index (Phi) is 28.2. The van der Waals surface area contributed by atoms with Crippen LogP contribution in [0.25, 0.3) is 0 Å². The van der Waals surface area contributed by atoms with E-state index in [-0.39, 0.29) is 31.9 Å². The molecule has 0 bridgehead atoms. The summed E-state index contributed by atoms with van der Waals surface area (Å²) in [5.41, 5.74) is 0. The van der Waals surface area contributed by atoms with Gasteiger partial charge in [0.1, 0.15) is 0 Å². The van der Waals surface area contributed by atoms with Crippen LogP contribution in [0, 0.1) is 6.92 Å². The number of hydrogen-bond donors (Lipinski definition) is 0. The minimum atomic E-state index is 0. The molecule has 0 fully saturated rings. The smallest absolute Gasteiger partial charge is 0 e. The van der Waals surface area contributed by atoms with E-state index in [2.05, 4.69) is 13.8 Å². The van der Waals surface area contributed by atoms with E-state index in [0.717, 1.165) is 6.42 Å². The molecule has 59 valence electrons. The van der Waals surface area contributed by atoms with E-state index in [1.165, 1.54) is 32.1 Å². The van der Waals surface area contributed by atoms with Crippen LogP contribution in [0.2, 0.25) is 0 Å². The Labute approximate surface area is 84.3 Å². The summed E-state index contributed by atoms with van der Waals surface area (Å²) in [5.74, 6) is 0. The van der Waals surface area contributed by atoms with Crippen LogP contribution < -0.4 is 12.4 Å². The zero-order valence-corrected chi connectivity index (χ0v) is 10.8. The Balaban J connectivity index is -0.000000245. The molecule has 0 spiro atoms. The second-order valence-electron chi connectivity index (χ2n) is 2.27. The average Bonchev–Trinajstić information content (AvgIpc) is 1.81. The molecule has 0 aliphatic rings. The van der Waals surface area contributed by atoms with Crippen LogP contribution in [0.15, 0.2) is 0 Å². The molecule has 0 rings (SSSR count). The quantitative estimate of drug-likeness (QED) is 0.452. The molecule has 0 aromatic heterocycles. The van der Waals surface area contributed by atoms with Crippen molar-refractivity contribution in [2.75, 3.05) is 0 Å². The van der Waals surface area contributed by atoms with E-state index in [1.807, 2.05) is 0 Å². The van der Waals surface area contributed by atoms with Crippen molar-refractivity contribution >= 4 is 0 Å². The largest absolute Gasteiger partial charge is 1.00 e. The van der Waals surface area contributed by atoms with Gasteiger partial charge in [0.05, 0.1) is 0 Å². The van der Waals surface area contributed by atoms with Gasteiger partial charge in [-0.2, -0.15) is 0 Å². The summed E-state index contributed by atoms with van der Waals surface area (Å²) in [6, 6.07) is 0. The number of hydrogen-bond acceptors (Lipinski definition) is 0. The van der Waals surface area contributed by atoms with Crippen LogP contribution in [0.5, 0.6) is 0 Å². The fourth-order valence-corrected chi connectivity index (χ4v) is 0.780. The molecule has 0 unspecified atom stereocenters. The molecule has 1 radical (unpaired) electrons. The van der Waals surface area contributed by atoms with Gasteiger partial charge in [-0.3, -0.25) is 0 Å². The molecule has 0 atom stereocenters. The fourth-order valence-electron chi connectivity index (χ4n) is 0.780. The van der Waals surface area contributed by atoms with Crippen LogP contribution in [-0.2, 0) is 19.5 Å². The molecule has 0 N–H and O–H groups in total. The van der Waals surface area contributed by atoms with Gasteiger partial charge in [-0.25, -0.2) is 0 Å². The summed E-state index contributed by atoms with van der Waals surface area (Å²) in [7, 11) is 0. The third-order valence-corrected chi connectivity index (χ3v) is 1.35. The summed E-state index contributed by atoms with van der Waals surface area (Å²) in [5, 5.41) is 0. The van der Waals surface area contributed by atoms with Crippen molar-refractivity contribution in [1.82, 2.24) is 0 Å². The van der Waals surface area contributed by atoms with Crippen molar-refractivity contribution in [2.24, 2.45) is 0 Å². The molecule has 0 aliphatic carbocycles. The van der Waals surface area contributed by atoms with Crippen molar-refractivity contribution in [2.45, 2.75) is 45.4 Å². The van der Waals surface area contributed by atoms with Crippen molar-refractivity contribution < 1.29 is 31.9 Å². The number of halogens is 1. The van der Waals surface area contributed by atoms with Gasteiger partial charge in [-0.1, -0.05) is 52.4 Å². The summed E-state index contributed by atoms with van der Waals surface area (Å²) >= 11 is 0. The Morgan fingerprint density at radius 3 is 1.90 bits per heavy atom. The molecule has 0 saturated carbocycles. The molecule has 0 aromatic carbocycles. The predicted octanol–water partition coefficient (Wildman–Crippen LogP) is 0.182. The van der Waals surface area contributed by atoms with Crippen LogP contribution in [-0.4, -0.2) is 0 Å². The molecule has 0 heterocycles. The second-order valence-corrected chi connectivity index (χ2v) is 2.27. The molecular weight excluding hydrogens is 197 g/mol. The molecule has 2 heteroatoms. The van der Waals surface area contributed by atoms with Crippen molar-refractivity contribution in [3.8, 4) is 0 Å². The van der Waals surface area contributed by atoms with Crippen molar-refractivity contribution in [3.05, 3.63) is 6.92 Å². The van der Waals surface area contributed by atoms with Gasteiger partial charge in [0, 0.05) is 19.5 Å². The first-order valence-electron chi connectivity index (χ1n) is 3.71. The first-order chi connectivity index (χ1) is 3.91. The van der Waals surface area contributed by atoms with Crippen molar-refractivity contribution in [3.63, 3.8) is 0 Å². The summed E-state index contributed by atoms with van der Waals surface area (Å²) in [4.78, 5) is 0. The van der Waals surface area contributed by atoms with E-state index >= 15 is 0 Å². The van der Waals surface area contributed by atoms with Crippen LogP contribution >= 0.6 is 0 Å². The Hall–Kier alpha value is 0.913. The van der Waals surface area contributed by atoms with Crippen LogP contribution in [0.3, 0.4) is 0 Å². The number of rotatable bonds is 5. The first kappa shape index (κ1) is 17.1. The fraction of sp³-hybridized carbons (Fsp3) is 0.875. The van der Waals surface area contributed by atoms with Gasteiger partial charge >= 0.3 is 0 Å². The average molecular weight is 214 g/mol. The van der Waals surface area contributed by atoms with E-state index in [0.29, 0.717) is 0 Å². The Bertz CT molecular complexity index is 34.2. The van der Waals surface area contributed by atoms with Gasteiger partial charge in [0.2, 0.25) is 0 Å². The predicted molar refractivity (Wildman–Crippen MR) is 38.7 cm³/mol. The normalized spacial score (nSPS) is 7.80. The molecule has 0 nitrogen and oxygen atoms in total. The maximum Gasteiger partial charge on any atom is 0 e. The van der Waals surface area contributed by atoms with E-state index in [1.54, 1.807) is 0 Å². The third kappa shape index (κ3) is 16.0. The molecule has 10 heavy (non-hydrogen) atoms. The summed E-state index contributed by atoms with van der Waals surface area (Å²) in [6.07, 6.45) is 7.98. The van der Waals surface area contributed by atoms with Gasteiger partial charge in [-0.15, -0.1) is 0 Å². The third-order valence-electron chi connectivity index (χ3n) is 1.35. The van der Waals surface area contributed by atoms with Gasteiger partial charge in [-0.05, 0) is 0 Å². The Morgan fingerprint density at radius 2 is 1.50 bits per heavy atom. The van der Waals surface area contributed by atoms with Gasteiger partial charge in [0.25, 0.3) is 0 Å². The minimum Gasteiger partial charge on any atom is -1.00 e. The van der Waals surface area contributed by atoms with Crippen molar-refractivity contribution in [1.29, 1.82) is 0 Å². The van der Waals surface area contributed by atoms with E-state index in [4.69, 9.17) is 0 Å². The summed E-state index contributed by atoms with van der Waals surface area (Å²) in [6.45, 7) is 6.02. The topological polar surface area (TPSA) is 0 Å². The van der Waals surface area contributed by atoms with Crippen LogP contribution in [0.1, 0.15) is 45.4 Å². The molecule has 0 aromatic rings. The minimum absolute atomic E-state index is 0. The summed E-state index contributed by atoms with van der Waals surface area (Å²) < 4.78 is 0. The standard InChI is InChI=1S/C8H17.ClH.Zn/c1-3-5-7-8-6-4-2;;/h1,3-8H2,2H3;1H;/p-1. The maximum absolute atomic E-state index is 3.78. The monoisotopic (exact) mass is 212 g/mol. The zero-order valence-electron chi connectivity index (χ0n) is 7.03. The molecule has 0 saturated heterocycles. The second kappa shape index (κ2) is 16.5. The zero-order chi connectivity index (χ0) is 6.24. The molecule has 0 amide bonds. The maximum atomic E-state index is 3.78. The Morgan fingerprint density at radius 1 is 1.00 bits per heavy atom. The van der Waals surface area contributed by atoms with E-state index < -0.39 is 0 Å².